The van der Waals surface area contributed by atoms with Crippen LogP contribution in [0.1, 0.15) is 179 Å². The zero-order valence-corrected chi connectivity index (χ0v) is 57.7. The Morgan fingerprint density at radius 2 is 0.726 bits per heavy atom. The summed E-state index contributed by atoms with van der Waals surface area (Å²) in [5, 5.41) is 2.53. The third kappa shape index (κ3) is 17.6. The highest BCUT2D eigenvalue weighted by Crippen LogP contribution is 2.45. The van der Waals surface area contributed by atoms with Gasteiger partial charge in [-0.15, -0.1) is 0 Å². The summed E-state index contributed by atoms with van der Waals surface area (Å²) < 4.78 is 0. The van der Waals surface area contributed by atoms with E-state index < -0.39 is 0 Å². The molecule has 6 aromatic heterocycles. The Balaban J connectivity index is 0.000000129. The molecule has 16 heteroatoms. The number of unbranched alkanes of at least 4 members (excludes halogenated alkanes) is 5. The molecule has 0 radical (unpaired) electrons. The lowest BCUT2D eigenvalue weighted by Crippen LogP contribution is -2.48. The van der Waals surface area contributed by atoms with Gasteiger partial charge in [-0.05, 0) is 284 Å². The topological polar surface area (TPSA) is 138 Å². The molecule has 3 N–H and O–H groups in total. The Hall–Kier alpha value is -6.55. The van der Waals surface area contributed by atoms with Crippen LogP contribution in [0, 0.1) is 11.8 Å². The van der Waals surface area contributed by atoms with Crippen LogP contribution in [0.5, 0.6) is 0 Å². The van der Waals surface area contributed by atoms with Crippen molar-refractivity contribution in [3.05, 3.63) is 246 Å². The maximum atomic E-state index is 6.37. The number of imidazole rings is 3. The maximum Gasteiger partial charge on any atom is 0.0921 e. The van der Waals surface area contributed by atoms with E-state index in [1.54, 1.807) is 19.0 Å². The quantitative estimate of drug-likeness (QED) is 0.0633. The Morgan fingerprint density at radius 1 is 0.368 bits per heavy atom. The lowest BCUT2D eigenvalue weighted by molar-refractivity contribution is 0.106. The molecule has 9 aromatic rings. The molecule has 15 rings (SSSR count). The van der Waals surface area contributed by atoms with Crippen molar-refractivity contribution < 1.29 is 0 Å². The second-order valence-corrected chi connectivity index (χ2v) is 28.9. The van der Waals surface area contributed by atoms with Gasteiger partial charge in [-0.2, -0.15) is 0 Å². The van der Waals surface area contributed by atoms with Crippen molar-refractivity contribution in [2.75, 3.05) is 72.0 Å². The van der Waals surface area contributed by atoms with Crippen molar-refractivity contribution in [2.45, 2.75) is 153 Å². The molecule has 0 saturated carbocycles. The summed E-state index contributed by atoms with van der Waals surface area (Å²) >= 11 is 19.1. The van der Waals surface area contributed by atoms with Crippen molar-refractivity contribution in [1.82, 2.24) is 64.5 Å². The highest BCUT2D eigenvalue weighted by atomic mass is 35.5. The fraction of sp³-hybridized carbons (Fsp3) is 0.468. The molecular formula is C79H96Cl3N13. The van der Waals surface area contributed by atoms with Crippen LogP contribution in [0.25, 0.3) is 0 Å². The van der Waals surface area contributed by atoms with Gasteiger partial charge in [-0.3, -0.25) is 19.9 Å². The number of hydrogen-bond acceptors (Lipinski definition) is 10. The van der Waals surface area contributed by atoms with E-state index in [-0.39, 0.29) is 6.04 Å². The zero-order chi connectivity index (χ0) is 64.6. The Bertz CT molecular complexity index is 3630. The maximum absolute atomic E-state index is 6.37. The molecular weight excluding hydrogens is 1240 g/mol. The van der Waals surface area contributed by atoms with Gasteiger partial charge in [0.1, 0.15) is 0 Å². The standard InChI is InChI=1S/C27H33ClN4.C26H32ClN5.C26H31ClN4/c28-23-9-10-25-22(17-23)8-7-21-5-4-13-30-27(21)26(25)20-11-15-32(16-12-20)14-3-1-2-6-24-18-29-19-31-24;27-22-9-10-24-21(17-22)8-7-20-5-4-11-29-25(20)26(24)32-15-13-31(14-16-32)12-3-1-2-6-23-18-28-19-30-23;27-22-8-9-24-21(16-22)7-6-20-4-3-12-29-26(20)25(24)19-10-14-31(15-11-19)13-2-1-5-23-17-28-18-30-23/h4-5,9-10,13,17-20,26H,1-3,6-8,11-12,14-16H2,(H,29,31);4-5,9-11,17-19,26H,1-3,6-8,12-16H2,(H,28,30);3-4,8-9,12,16-19,25H,1-2,5-7,10-11,13-15H2,(H,28,30). The van der Waals surface area contributed by atoms with E-state index in [4.69, 9.17) is 49.8 Å². The number of nitrogens with zero attached hydrogens (tertiary/aromatic N) is 10. The van der Waals surface area contributed by atoms with Crippen LogP contribution < -0.4 is 0 Å². The number of piperidine rings is 2. The van der Waals surface area contributed by atoms with Crippen LogP contribution in [-0.2, 0) is 57.8 Å². The molecule has 3 atom stereocenters. The van der Waals surface area contributed by atoms with Crippen molar-refractivity contribution in [2.24, 2.45) is 11.8 Å². The number of aryl methyl sites for hydroxylation is 9. The van der Waals surface area contributed by atoms with Gasteiger partial charge in [0.25, 0.3) is 0 Å². The van der Waals surface area contributed by atoms with E-state index in [0.29, 0.717) is 23.7 Å². The number of nitrogens with one attached hydrogen (secondary N) is 3. The van der Waals surface area contributed by atoms with Crippen molar-refractivity contribution >= 4 is 34.8 Å². The number of aromatic nitrogens is 9. The summed E-state index contributed by atoms with van der Waals surface area (Å²) in [6.45, 7) is 12.8. The van der Waals surface area contributed by atoms with Crippen molar-refractivity contribution in [1.29, 1.82) is 0 Å². The van der Waals surface area contributed by atoms with Gasteiger partial charge in [-0.1, -0.05) is 84.0 Å². The number of benzene rings is 3. The molecule has 3 aliphatic carbocycles. The molecule has 3 unspecified atom stereocenters. The van der Waals surface area contributed by atoms with Crippen LogP contribution >= 0.6 is 34.8 Å². The van der Waals surface area contributed by atoms with Gasteiger partial charge in [0.15, 0.2) is 0 Å². The highest BCUT2D eigenvalue weighted by Gasteiger charge is 2.37. The Labute approximate surface area is 578 Å². The first-order valence-corrected chi connectivity index (χ1v) is 37.0. The number of hydrogen-bond donors (Lipinski definition) is 3. The van der Waals surface area contributed by atoms with Crippen LogP contribution in [0.15, 0.2) is 147 Å². The molecule has 3 fully saturated rings. The van der Waals surface area contributed by atoms with Crippen LogP contribution in [0.2, 0.25) is 15.1 Å². The van der Waals surface area contributed by atoms with E-state index in [9.17, 15) is 0 Å². The lowest BCUT2D eigenvalue weighted by Gasteiger charge is -2.39. The molecule has 3 saturated heterocycles. The first-order valence-electron chi connectivity index (χ1n) is 35.8. The molecule has 13 nitrogen and oxygen atoms in total. The van der Waals surface area contributed by atoms with E-state index in [2.05, 4.69) is 134 Å². The summed E-state index contributed by atoms with van der Waals surface area (Å²) in [4.78, 5) is 47.2. The molecule has 3 aliphatic heterocycles. The fourth-order valence-electron chi connectivity index (χ4n) is 16.4. The summed E-state index contributed by atoms with van der Waals surface area (Å²) in [5.41, 5.74) is 20.3. The van der Waals surface area contributed by atoms with Gasteiger partial charge in [0.2, 0.25) is 0 Å². The van der Waals surface area contributed by atoms with E-state index in [0.717, 1.165) is 99.0 Å². The third-order valence-corrected chi connectivity index (χ3v) is 22.3. The second kappa shape index (κ2) is 33.6. The molecule has 9 heterocycles. The number of rotatable bonds is 20. The smallest absolute Gasteiger partial charge is 0.0921 e. The summed E-state index contributed by atoms with van der Waals surface area (Å²) in [5.74, 6) is 2.09. The molecule has 0 amide bonds. The molecule has 0 bridgehead atoms. The van der Waals surface area contributed by atoms with Gasteiger partial charge < -0.3 is 29.7 Å². The minimum atomic E-state index is 0.234. The van der Waals surface area contributed by atoms with E-state index in [1.807, 2.05) is 43.2 Å². The minimum Gasteiger partial charge on any atom is -0.348 e. The normalized spacial score (nSPS) is 19.4. The van der Waals surface area contributed by atoms with Crippen LogP contribution in [0.3, 0.4) is 0 Å². The van der Waals surface area contributed by atoms with Crippen LogP contribution in [0.4, 0.5) is 0 Å². The SMILES string of the molecule is Clc1ccc2c(c1)CCc1cccnc1C2C1CCN(CCCCCc2cnc[nH]2)CC1.Clc1ccc2c(c1)CCc1cccnc1C2C1CCN(CCCCc2cnc[nH]2)CC1.Clc1ccc2c(c1)CCc1cccnc1C2N1CCN(CCCCCc2cnc[nH]2)CC1. The monoisotopic (exact) mass is 1330 g/mol. The number of halogens is 3. The average molecular weight is 1330 g/mol. The molecule has 0 spiro atoms. The largest absolute Gasteiger partial charge is 0.348 e. The lowest BCUT2D eigenvalue weighted by atomic mass is 9.76. The zero-order valence-electron chi connectivity index (χ0n) is 55.5. The van der Waals surface area contributed by atoms with Crippen molar-refractivity contribution in [3.63, 3.8) is 0 Å². The second-order valence-electron chi connectivity index (χ2n) is 27.6. The first kappa shape index (κ1) is 67.0. The number of pyridine rings is 3. The number of fused-ring (bicyclic) bond motifs is 6. The minimum absolute atomic E-state index is 0.234. The number of H-pyrrole nitrogens is 3. The summed E-state index contributed by atoms with van der Waals surface area (Å²) in [6.07, 6.45) is 41.7. The van der Waals surface area contributed by atoms with Crippen LogP contribution in [-0.4, -0.2) is 136 Å². The third-order valence-electron chi connectivity index (χ3n) is 21.6. The van der Waals surface area contributed by atoms with Gasteiger partial charge in [-0.25, -0.2) is 15.0 Å². The average Bonchev–Trinajstić information content (AvgIpc) is 1.77. The Morgan fingerprint density at radius 3 is 1.15 bits per heavy atom. The number of likely N-dealkylation sites (tertiary alicyclic amines) is 2. The van der Waals surface area contributed by atoms with Gasteiger partial charge in [0.05, 0.1) is 42.1 Å². The number of piperazine rings is 1. The first-order chi connectivity index (χ1) is 46.8. The summed E-state index contributed by atoms with van der Waals surface area (Å²) in [7, 11) is 0. The highest BCUT2D eigenvalue weighted by molar-refractivity contribution is 6.31. The van der Waals surface area contributed by atoms with Gasteiger partial charge in [0, 0.05) is 107 Å². The predicted molar refractivity (Wildman–Crippen MR) is 385 cm³/mol. The molecule has 95 heavy (non-hydrogen) atoms. The van der Waals surface area contributed by atoms with E-state index >= 15 is 0 Å². The fourth-order valence-corrected chi connectivity index (χ4v) is 17.0. The molecule has 3 aromatic carbocycles. The summed E-state index contributed by atoms with van der Waals surface area (Å²) in [6, 6.07) is 32.8. The van der Waals surface area contributed by atoms with Crippen molar-refractivity contribution in [3.8, 4) is 0 Å². The molecule has 498 valence electrons. The van der Waals surface area contributed by atoms with Gasteiger partial charge >= 0.3 is 0 Å². The van der Waals surface area contributed by atoms with E-state index in [1.165, 1.54) is 207 Å². The Kier molecular flexibility index (Phi) is 23.7. The molecule has 6 aliphatic rings. The predicted octanol–water partition coefficient (Wildman–Crippen LogP) is 15.9. The number of aromatic amines is 3.